The van der Waals surface area contributed by atoms with Gasteiger partial charge >= 0.3 is 0 Å². The average molecular weight is 414 g/mol. The number of aryl methyl sites for hydroxylation is 2. The largest absolute Gasteiger partial charge is 0.744 e. The van der Waals surface area contributed by atoms with Crippen LogP contribution in [0.2, 0.25) is 0 Å². The highest BCUT2D eigenvalue weighted by Gasteiger charge is 2.06. The third kappa shape index (κ3) is 7.02. The van der Waals surface area contributed by atoms with Crippen molar-refractivity contribution in [3.8, 4) is 5.75 Å². The Balaban J connectivity index is 0.000000234. The van der Waals surface area contributed by atoms with Crippen molar-refractivity contribution in [1.29, 1.82) is 0 Å². The van der Waals surface area contributed by atoms with Gasteiger partial charge in [-0.25, -0.2) is 13.0 Å². The number of hydrogen-bond donors (Lipinski definition) is 1. The van der Waals surface area contributed by atoms with E-state index in [-0.39, 0.29) is 4.90 Å². The lowest BCUT2D eigenvalue weighted by Crippen LogP contribution is -2.33. The van der Waals surface area contributed by atoms with E-state index in [4.69, 9.17) is 10.5 Å². The molecule has 0 aliphatic carbocycles. The molecule has 3 rings (SSSR count). The third-order valence-corrected chi connectivity index (χ3v) is 4.85. The smallest absolute Gasteiger partial charge is 0.248 e. The Kier molecular flexibility index (Phi) is 7.46. The van der Waals surface area contributed by atoms with Crippen LogP contribution in [0.4, 0.5) is 0 Å². The zero-order valence-electron chi connectivity index (χ0n) is 16.1. The van der Waals surface area contributed by atoms with Crippen LogP contribution in [0.3, 0.4) is 0 Å². The summed E-state index contributed by atoms with van der Waals surface area (Å²) in [4.78, 5) is 10.7. The van der Waals surface area contributed by atoms with E-state index in [1.807, 2.05) is 42.9 Å². The van der Waals surface area contributed by atoms with Crippen molar-refractivity contribution in [3.05, 3.63) is 89.7 Å². The maximum atomic E-state index is 10.9. The highest BCUT2D eigenvalue weighted by molar-refractivity contribution is 7.85. The fourth-order valence-electron chi connectivity index (χ4n) is 2.29. The summed E-state index contributed by atoms with van der Waals surface area (Å²) in [6, 6.07) is 18.5. The average Bonchev–Trinajstić information content (AvgIpc) is 2.68. The number of benzene rings is 2. The summed E-state index contributed by atoms with van der Waals surface area (Å²) < 4.78 is 38.8. The molecule has 0 saturated carbocycles. The fraction of sp³-hybridized carbons (Fsp3) is 0.143. The molecule has 152 valence electrons. The molecule has 0 aliphatic rings. The van der Waals surface area contributed by atoms with E-state index in [9.17, 15) is 17.8 Å². The Labute approximate surface area is 170 Å². The van der Waals surface area contributed by atoms with Crippen LogP contribution < -0.4 is 15.0 Å². The van der Waals surface area contributed by atoms with Crippen LogP contribution in [-0.2, 0) is 23.8 Å². The van der Waals surface area contributed by atoms with E-state index in [1.54, 1.807) is 36.4 Å². The molecule has 2 N–H and O–H groups in total. The van der Waals surface area contributed by atoms with E-state index in [0.29, 0.717) is 17.9 Å². The highest BCUT2D eigenvalue weighted by Crippen LogP contribution is 2.13. The van der Waals surface area contributed by atoms with Crippen molar-refractivity contribution >= 4 is 16.0 Å². The molecule has 1 aromatic heterocycles. The molecule has 29 heavy (non-hydrogen) atoms. The number of hydrogen-bond acceptors (Lipinski definition) is 5. The number of carbonyl (C=O) groups is 1. The molecular weight excluding hydrogens is 392 g/mol. The second kappa shape index (κ2) is 9.81. The summed E-state index contributed by atoms with van der Waals surface area (Å²) in [5.74, 6) is 0.278. The zero-order valence-corrected chi connectivity index (χ0v) is 16.9. The standard InChI is InChI=1S/C14H14N2O2.C7H8O3S/c1-16-9-3-2-4-12(16)10-18-13-7-5-11(6-8-13)14(15)17;1-6-2-4-7(5-3-6)11(8,9)10/h2-9H,10H2,1H3,(H-,15,17);2-5H,1H3,(H,8,9,10). The van der Waals surface area contributed by atoms with Crippen LogP contribution in [-0.4, -0.2) is 18.9 Å². The SMILES string of the molecule is C[n+]1ccccc1COc1ccc(C(N)=O)cc1.Cc1ccc(S(=O)(=O)[O-])cc1. The number of rotatable bonds is 5. The lowest BCUT2D eigenvalue weighted by molar-refractivity contribution is -0.680. The van der Waals surface area contributed by atoms with Gasteiger partial charge < -0.3 is 15.0 Å². The molecule has 2 aromatic carbocycles. The molecule has 0 spiro atoms. The molecule has 0 fully saturated rings. The van der Waals surface area contributed by atoms with Crippen molar-refractivity contribution < 1.29 is 27.1 Å². The normalized spacial score (nSPS) is 10.6. The van der Waals surface area contributed by atoms with Gasteiger partial charge in [0.1, 0.15) is 22.9 Å². The number of nitrogens with two attached hydrogens (primary N) is 1. The van der Waals surface area contributed by atoms with Gasteiger partial charge in [-0.2, -0.15) is 0 Å². The first-order valence-electron chi connectivity index (χ1n) is 8.65. The van der Waals surface area contributed by atoms with E-state index in [1.165, 1.54) is 12.1 Å². The van der Waals surface area contributed by atoms with Gasteiger partial charge in [-0.05, 0) is 49.4 Å². The predicted molar refractivity (Wildman–Crippen MR) is 106 cm³/mol. The minimum absolute atomic E-state index is 0.178. The summed E-state index contributed by atoms with van der Waals surface area (Å²) in [7, 11) is -2.30. The molecule has 1 amide bonds. The molecule has 0 saturated heterocycles. The second-order valence-electron chi connectivity index (χ2n) is 6.25. The zero-order chi connectivity index (χ0) is 21.4. The number of amides is 1. The maximum absolute atomic E-state index is 10.9. The van der Waals surface area contributed by atoms with Crippen molar-refractivity contribution in [2.45, 2.75) is 18.4 Å². The fourth-order valence-corrected chi connectivity index (χ4v) is 2.76. The van der Waals surface area contributed by atoms with Gasteiger partial charge in [-0.1, -0.05) is 17.7 Å². The van der Waals surface area contributed by atoms with Crippen LogP contribution in [0, 0.1) is 6.92 Å². The first kappa shape index (κ1) is 22.1. The monoisotopic (exact) mass is 414 g/mol. The molecule has 1 heterocycles. The summed E-state index contributed by atoms with van der Waals surface area (Å²) in [5.41, 5.74) is 7.64. The van der Waals surface area contributed by atoms with Gasteiger partial charge in [0, 0.05) is 17.7 Å². The number of primary amides is 1. The van der Waals surface area contributed by atoms with Crippen LogP contribution >= 0.6 is 0 Å². The van der Waals surface area contributed by atoms with Crippen LogP contribution in [0.5, 0.6) is 5.75 Å². The van der Waals surface area contributed by atoms with E-state index in [0.717, 1.165) is 11.3 Å². The molecule has 0 aliphatic heterocycles. The molecule has 0 radical (unpaired) electrons. The Morgan fingerprint density at radius 1 is 1.03 bits per heavy atom. The lowest BCUT2D eigenvalue weighted by Gasteiger charge is -2.05. The first-order valence-corrected chi connectivity index (χ1v) is 10.1. The van der Waals surface area contributed by atoms with Gasteiger partial charge in [0.25, 0.3) is 0 Å². The highest BCUT2D eigenvalue weighted by atomic mass is 32.2. The number of nitrogens with zero attached hydrogens (tertiary/aromatic N) is 1. The van der Waals surface area contributed by atoms with E-state index >= 15 is 0 Å². The number of ether oxygens (including phenoxy) is 1. The summed E-state index contributed by atoms with van der Waals surface area (Å²) in [6.45, 7) is 2.30. The Bertz CT molecular complexity index is 1060. The van der Waals surface area contributed by atoms with Crippen molar-refractivity contribution in [3.63, 3.8) is 0 Å². The van der Waals surface area contributed by atoms with Gasteiger partial charge in [-0.15, -0.1) is 0 Å². The second-order valence-corrected chi connectivity index (χ2v) is 7.63. The van der Waals surface area contributed by atoms with Crippen LogP contribution in [0.15, 0.2) is 77.8 Å². The molecule has 0 bridgehead atoms. The lowest BCUT2D eigenvalue weighted by atomic mass is 10.2. The molecule has 8 heteroatoms. The van der Waals surface area contributed by atoms with Gasteiger partial charge in [-0.3, -0.25) is 4.79 Å². The van der Waals surface area contributed by atoms with Crippen LogP contribution in [0.1, 0.15) is 21.6 Å². The van der Waals surface area contributed by atoms with E-state index in [2.05, 4.69) is 0 Å². The molecule has 0 atom stereocenters. The number of carbonyl (C=O) groups excluding carboxylic acids is 1. The molecule has 0 unspecified atom stereocenters. The molecule has 3 aromatic rings. The molecule has 7 nitrogen and oxygen atoms in total. The van der Waals surface area contributed by atoms with Crippen molar-refractivity contribution in [1.82, 2.24) is 0 Å². The Morgan fingerprint density at radius 3 is 2.17 bits per heavy atom. The summed E-state index contributed by atoms with van der Waals surface area (Å²) in [6.07, 6.45) is 1.97. The predicted octanol–water partition coefficient (Wildman–Crippen LogP) is 2.09. The first-order chi connectivity index (χ1) is 13.7. The molecular formula is C21H22N2O5S. The van der Waals surface area contributed by atoms with Crippen molar-refractivity contribution in [2.75, 3.05) is 0 Å². The van der Waals surface area contributed by atoms with Gasteiger partial charge in [0.2, 0.25) is 11.6 Å². The number of pyridine rings is 1. The minimum Gasteiger partial charge on any atom is -0.744 e. The van der Waals surface area contributed by atoms with E-state index < -0.39 is 16.0 Å². The summed E-state index contributed by atoms with van der Waals surface area (Å²) in [5, 5.41) is 0. The quantitative estimate of drug-likeness (QED) is 0.507. The Morgan fingerprint density at radius 2 is 1.66 bits per heavy atom. The van der Waals surface area contributed by atoms with Gasteiger partial charge in [0.05, 0.1) is 4.90 Å². The topological polar surface area (TPSA) is 113 Å². The summed E-state index contributed by atoms with van der Waals surface area (Å²) >= 11 is 0. The Hall–Kier alpha value is -3.23. The number of aromatic nitrogens is 1. The third-order valence-electron chi connectivity index (χ3n) is 4.00. The minimum atomic E-state index is -4.27. The van der Waals surface area contributed by atoms with Gasteiger partial charge in [0.15, 0.2) is 12.8 Å². The van der Waals surface area contributed by atoms with Crippen LogP contribution in [0.25, 0.3) is 0 Å². The van der Waals surface area contributed by atoms with Crippen molar-refractivity contribution in [2.24, 2.45) is 12.8 Å². The maximum Gasteiger partial charge on any atom is 0.248 e.